The molecule has 0 spiro atoms. The zero-order valence-corrected chi connectivity index (χ0v) is 12.1. The highest BCUT2D eigenvalue weighted by atomic mass is 32.1. The lowest BCUT2D eigenvalue weighted by Crippen LogP contribution is -2.13. The molecule has 1 amide bonds. The van der Waals surface area contributed by atoms with Gasteiger partial charge in [-0.15, -0.1) is 11.3 Å². The van der Waals surface area contributed by atoms with Gasteiger partial charge in [-0.2, -0.15) is 0 Å². The molecule has 6 heteroatoms. The number of hydrogen-bond acceptors (Lipinski definition) is 3. The summed E-state index contributed by atoms with van der Waals surface area (Å²) in [6.07, 6.45) is 0.0737. The van der Waals surface area contributed by atoms with Crippen LogP contribution in [0.15, 0.2) is 30.3 Å². The van der Waals surface area contributed by atoms with E-state index in [2.05, 4.69) is 5.32 Å². The lowest BCUT2D eigenvalue weighted by atomic mass is 10.2. The Balaban J connectivity index is 1.87. The Bertz CT molecular complexity index is 682. The van der Waals surface area contributed by atoms with Crippen LogP contribution in [0, 0.1) is 18.6 Å². The zero-order valence-electron chi connectivity index (χ0n) is 11.3. The Hall–Kier alpha value is -2.08. The van der Waals surface area contributed by atoms with Crippen molar-refractivity contribution in [1.29, 1.82) is 0 Å². The van der Waals surface area contributed by atoms with E-state index >= 15 is 0 Å². The molecule has 0 saturated carbocycles. The van der Waals surface area contributed by atoms with Crippen molar-refractivity contribution in [3.63, 3.8) is 0 Å². The highest BCUT2D eigenvalue weighted by Gasteiger charge is 2.12. The molecule has 0 atom stereocenters. The van der Waals surface area contributed by atoms with E-state index in [1.807, 2.05) is 13.0 Å². The van der Waals surface area contributed by atoms with Gasteiger partial charge in [0.15, 0.2) is 17.4 Å². The predicted octanol–water partition coefficient (Wildman–Crippen LogP) is 3.94. The van der Waals surface area contributed by atoms with Gasteiger partial charge in [-0.3, -0.25) is 9.59 Å². The van der Waals surface area contributed by atoms with Gasteiger partial charge in [0.25, 0.3) is 0 Å². The fraction of sp³-hybridized carbons (Fsp3) is 0.200. The minimum absolute atomic E-state index is 0.00518. The number of aryl methyl sites for hydroxylation is 1. The van der Waals surface area contributed by atoms with Crippen molar-refractivity contribution in [1.82, 2.24) is 0 Å². The second kappa shape index (κ2) is 6.58. The van der Waals surface area contributed by atoms with Crippen LogP contribution in [0.3, 0.4) is 0 Å². The first kappa shape index (κ1) is 15.3. The van der Waals surface area contributed by atoms with Crippen LogP contribution in [-0.2, 0) is 4.79 Å². The molecule has 1 aromatic carbocycles. The summed E-state index contributed by atoms with van der Waals surface area (Å²) in [7, 11) is 0. The van der Waals surface area contributed by atoms with Gasteiger partial charge in [0, 0.05) is 29.5 Å². The summed E-state index contributed by atoms with van der Waals surface area (Å²) in [4.78, 5) is 25.2. The smallest absolute Gasteiger partial charge is 0.224 e. The van der Waals surface area contributed by atoms with Crippen LogP contribution in [0.5, 0.6) is 0 Å². The second-order valence-electron chi connectivity index (χ2n) is 4.51. The van der Waals surface area contributed by atoms with E-state index in [1.165, 1.54) is 17.4 Å². The molecule has 110 valence electrons. The predicted molar refractivity (Wildman–Crippen MR) is 77.6 cm³/mol. The van der Waals surface area contributed by atoms with Crippen molar-refractivity contribution in [3.8, 4) is 0 Å². The van der Waals surface area contributed by atoms with Crippen LogP contribution >= 0.6 is 11.3 Å². The van der Waals surface area contributed by atoms with Gasteiger partial charge >= 0.3 is 0 Å². The lowest BCUT2D eigenvalue weighted by molar-refractivity contribution is -0.116. The number of carbonyl (C=O) groups excluding carboxylic acids is 2. The van der Waals surface area contributed by atoms with E-state index < -0.39 is 17.5 Å². The molecule has 0 fully saturated rings. The first-order chi connectivity index (χ1) is 9.95. The number of thiophene rings is 1. The van der Waals surface area contributed by atoms with E-state index in [1.54, 1.807) is 6.07 Å². The largest absolute Gasteiger partial charge is 0.326 e. The van der Waals surface area contributed by atoms with Crippen LogP contribution < -0.4 is 5.32 Å². The Kier molecular flexibility index (Phi) is 4.80. The third kappa shape index (κ3) is 4.19. The molecule has 21 heavy (non-hydrogen) atoms. The lowest BCUT2D eigenvalue weighted by Gasteiger charge is -2.05. The summed E-state index contributed by atoms with van der Waals surface area (Å²) in [5, 5.41) is 2.43. The second-order valence-corrected chi connectivity index (χ2v) is 5.80. The van der Waals surface area contributed by atoms with Crippen molar-refractivity contribution >= 4 is 28.7 Å². The number of hydrogen-bond donors (Lipinski definition) is 1. The van der Waals surface area contributed by atoms with Gasteiger partial charge in [0.05, 0.1) is 4.88 Å². The summed E-state index contributed by atoms with van der Waals surface area (Å²) in [6.45, 7) is 1.90. The Labute approximate surface area is 124 Å². The van der Waals surface area contributed by atoms with Crippen molar-refractivity contribution in [2.45, 2.75) is 19.8 Å². The molecule has 0 aliphatic carbocycles. The number of ketones is 1. The highest BCUT2D eigenvalue weighted by Crippen LogP contribution is 2.18. The van der Waals surface area contributed by atoms with Crippen molar-refractivity contribution in [3.05, 3.63) is 51.7 Å². The van der Waals surface area contributed by atoms with Crippen molar-refractivity contribution in [2.75, 3.05) is 5.32 Å². The normalized spacial score (nSPS) is 10.4. The summed E-state index contributed by atoms with van der Waals surface area (Å²) >= 11 is 1.38. The van der Waals surface area contributed by atoms with E-state index in [4.69, 9.17) is 0 Å². The number of halogens is 2. The number of amides is 1. The van der Waals surface area contributed by atoms with Crippen LogP contribution in [-0.4, -0.2) is 11.7 Å². The zero-order chi connectivity index (χ0) is 15.4. The van der Waals surface area contributed by atoms with E-state index in [0.29, 0.717) is 4.88 Å². The Morgan fingerprint density at radius 3 is 2.48 bits per heavy atom. The monoisotopic (exact) mass is 309 g/mol. The van der Waals surface area contributed by atoms with Gasteiger partial charge in [-0.05, 0) is 31.2 Å². The van der Waals surface area contributed by atoms with Crippen molar-refractivity contribution in [2.24, 2.45) is 0 Å². The number of nitrogens with one attached hydrogen (secondary N) is 1. The molecule has 3 nitrogen and oxygen atoms in total. The van der Waals surface area contributed by atoms with Crippen LogP contribution in [0.2, 0.25) is 0 Å². The quantitative estimate of drug-likeness (QED) is 0.850. The minimum atomic E-state index is -1.03. The van der Waals surface area contributed by atoms with Crippen LogP contribution in [0.4, 0.5) is 14.5 Å². The maximum Gasteiger partial charge on any atom is 0.224 e. The third-order valence-electron chi connectivity index (χ3n) is 2.80. The number of carbonyl (C=O) groups is 2. The van der Waals surface area contributed by atoms with Gasteiger partial charge in [-0.25, -0.2) is 8.78 Å². The first-order valence-corrected chi connectivity index (χ1v) is 7.12. The fourth-order valence-electron chi connectivity index (χ4n) is 1.73. The minimum Gasteiger partial charge on any atom is -0.326 e. The molecule has 0 unspecified atom stereocenters. The van der Waals surface area contributed by atoms with Gasteiger partial charge in [-0.1, -0.05) is 0 Å². The first-order valence-electron chi connectivity index (χ1n) is 6.30. The SMILES string of the molecule is Cc1ccc(C(=O)CCC(=O)Nc2ccc(F)c(F)c2)s1. The molecule has 0 bridgehead atoms. The van der Waals surface area contributed by atoms with E-state index in [-0.39, 0.29) is 24.3 Å². The van der Waals surface area contributed by atoms with Crippen LogP contribution in [0.25, 0.3) is 0 Å². The van der Waals surface area contributed by atoms with Gasteiger partial charge in [0.2, 0.25) is 5.91 Å². The maximum atomic E-state index is 13.0. The average molecular weight is 309 g/mol. The average Bonchev–Trinajstić information content (AvgIpc) is 2.87. The van der Waals surface area contributed by atoms with E-state index in [0.717, 1.165) is 17.0 Å². The molecular formula is C15H13F2NO2S. The number of rotatable bonds is 5. The fourth-order valence-corrected chi connectivity index (χ4v) is 2.57. The third-order valence-corrected chi connectivity index (χ3v) is 3.84. The molecule has 0 aliphatic heterocycles. The molecule has 1 heterocycles. The molecular weight excluding hydrogens is 296 g/mol. The molecule has 2 rings (SSSR count). The summed E-state index contributed by atoms with van der Waals surface area (Å²) < 4.78 is 25.7. The topological polar surface area (TPSA) is 46.2 Å². The summed E-state index contributed by atoms with van der Waals surface area (Å²) in [5.41, 5.74) is 0.165. The van der Waals surface area contributed by atoms with Crippen LogP contribution in [0.1, 0.15) is 27.4 Å². The number of benzene rings is 1. The van der Waals surface area contributed by atoms with Gasteiger partial charge in [0.1, 0.15) is 0 Å². The summed E-state index contributed by atoms with van der Waals surface area (Å²) in [5.74, 6) is -2.52. The molecule has 1 N–H and O–H groups in total. The summed E-state index contributed by atoms with van der Waals surface area (Å²) in [6, 6.07) is 6.68. The maximum absolute atomic E-state index is 13.0. The molecule has 0 saturated heterocycles. The molecule has 2 aromatic rings. The van der Waals surface area contributed by atoms with Gasteiger partial charge < -0.3 is 5.32 Å². The Morgan fingerprint density at radius 1 is 1.10 bits per heavy atom. The molecule has 1 aromatic heterocycles. The molecule has 0 radical (unpaired) electrons. The highest BCUT2D eigenvalue weighted by molar-refractivity contribution is 7.14. The standard InChI is InChI=1S/C15H13F2NO2S/c1-9-2-6-14(21-9)13(19)5-7-15(20)18-10-3-4-11(16)12(17)8-10/h2-4,6,8H,5,7H2,1H3,(H,18,20). The van der Waals surface area contributed by atoms with Crippen molar-refractivity contribution < 1.29 is 18.4 Å². The molecule has 0 aliphatic rings. The Morgan fingerprint density at radius 2 is 1.86 bits per heavy atom. The van der Waals surface area contributed by atoms with E-state index in [9.17, 15) is 18.4 Å². The number of Topliss-reactive ketones (excluding diaryl/α,β-unsaturated/α-hetero) is 1. The number of anilines is 1.